The highest BCUT2D eigenvalue weighted by Gasteiger charge is 2.50. The van der Waals surface area contributed by atoms with Gasteiger partial charge in [0.15, 0.2) is 0 Å². The number of likely N-dealkylation sites (tertiary alicyclic amines) is 1. The van der Waals surface area contributed by atoms with E-state index in [1.165, 1.54) is 11.1 Å². The topological polar surface area (TPSA) is 58.4 Å². The number of methoxy groups -OCH3 is 1. The number of benzene rings is 1. The van der Waals surface area contributed by atoms with E-state index in [4.69, 9.17) is 14.7 Å². The fourth-order valence-electron chi connectivity index (χ4n) is 4.77. The Balaban J connectivity index is 1.65. The zero-order chi connectivity index (χ0) is 19.0. The fourth-order valence-corrected chi connectivity index (χ4v) is 4.77. The van der Waals surface area contributed by atoms with Crippen molar-refractivity contribution in [1.29, 1.82) is 5.26 Å². The Labute approximate surface area is 160 Å². The van der Waals surface area contributed by atoms with Crippen LogP contribution in [0.15, 0.2) is 36.5 Å². The molecule has 1 aromatic heterocycles. The molecule has 0 radical (unpaired) electrons. The summed E-state index contributed by atoms with van der Waals surface area (Å²) in [5, 5.41) is 9.09. The molecule has 5 heteroatoms. The summed E-state index contributed by atoms with van der Waals surface area (Å²) in [5.41, 5.74) is 3.41. The Morgan fingerprint density at radius 3 is 2.96 bits per heavy atom. The normalized spacial score (nSPS) is 26.7. The van der Waals surface area contributed by atoms with Crippen molar-refractivity contribution in [2.24, 2.45) is 5.92 Å². The summed E-state index contributed by atoms with van der Waals surface area (Å²) in [4.78, 5) is 6.73. The van der Waals surface area contributed by atoms with E-state index < -0.39 is 0 Å². The first kappa shape index (κ1) is 17.8. The SMILES string of the molecule is COc1ccc2c(c1)[C@@]1(C)CCN(C)C(C2)[C@@H]1COc1cc(C#N)ccn1. The second-order valence-electron chi connectivity index (χ2n) is 7.85. The van der Waals surface area contributed by atoms with Crippen molar-refractivity contribution >= 4 is 0 Å². The lowest BCUT2D eigenvalue weighted by molar-refractivity contribution is 0.0109. The van der Waals surface area contributed by atoms with Crippen LogP contribution in [0.3, 0.4) is 0 Å². The van der Waals surface area contributed by atoms with Gasteiger partial charge < -0.3 is 14.4 Å². The van der Waals surface area contributed by atoms with Gasteiger partial charge in [-0.2, -0.15) is 5.26 Å². The molecule has 1 aromatic carbocycles. The van der Waals surface area contributed by atoms with E-state index in [0.29, 0.717) is 30.0 Å². The molecule has 2 heterocycles. The minimum Gasteiger partial charge on any atom is -0.497 e. The second kappa shape index (κ2) is 6.86. The first-order chi connectivity index (χ1) is 13.0. The number of fused-ring (bicyclic) bond motifs is 4. The molecule has 0 saturated carbocycles. The summed E-state index contributed by atoms with van der Waals surface area (Å²) in [6, 6.07) is 12.5. The summed E-state index contributed by atoms with van der Waals surface area (Å²) >= 11 is 0. The molecule has 1 unspecified atom stereocenters. The zero-order valence-electron chi connectivity index (χ0n) is 16.1. The fraction of sp³-hybridized carbons (Fsp3) is 0.455. The predicted octanol–water partition coefficient (Wildman–Crippen LogP) is 3.17. The quantitative estimate of drug-likeness (QED) is 0.835. The lowest BCUT2D eigenvalue weighted by Crippen LogP contribution is -2.59. The first-order valence-corrected chi connectivity index (χ1v) is 9.42. The highest BCUT2D eigenvalue weighted by Crippen LogP contribution is 2.49. The van der Waals surface area contributed by atoms with Gasteiger partial charge in [0, 0.05) is 29.6 Å². The van der Waals surface area contributed by atoms with Crippen molar-refractivity contribution in [2.45, 2.75) is 31.2 Å². The highest BCUT2D eigenvalue weighted by molar-refractivity contribution is 5.45. The molecule has 0 spiro atoms. The monoisotopic (exact) mass is 363 g/mol. The Bertz CT molecular complexity index is 891. The van der Waals surface area contributed by atoms with E-state index in [-0.39, 0.29) is 5.41 Å². The minimum absolute atomic E-state index is 0.0339. The second-order valence-corrected chi connectivity index (χ2v) is 7.85. The van der Waals surface area contributed by atoms with Crippen LogP contribution in [0, 0.1) is 17.2 Å². The lowest BCUT2D eigenvalue weighted by atomic mass is 9.58. The molecule has 2 aromatic rings. The van der Waals surface area contributed by atoms with Crippen molar-refractivity contribution in [3.05, 3.63) is 53.2 Å². The van der Waals surface area contributed by atoms with Gasteiger partial charge in [0.2, 0.25) is 5.88 Å². The maximum absolute atomic E-state index is 9.09. The zero-order valence-corrected chi connectivity index (χ0v) is 16.1. The third-order valence-electron chi connectivity index (χ3n) is 6.47. The number of rotatable bonds is 4. The Morgan fingerprint density at radius 1 is 1.33 bits per heavy atom. The average molecular weight is 363 g/mol. The molecule has 1 saturated heterocycles. The lowest BCUT2D eigenvalue weighted by Gasteiger charge is -2.54. The molecule has 0 amide bonds. The van der Waals surface area contributed by atoms with E-state index in [1.807, 2.05) is 0 Å². The van der Waals surface area contributed by atoms with Gasteiger partial charge in [-0.1, -0.05) is 13.0 Å². The van der Waals surface area contributed by atoms with Crippen LogP contribution < -0.4 is 9.47 Å². The van der Waals surface area contributed by atoms with Crippen molar-refractivity contribution < 1.29 is 9.47 Å². The Hall–Kier alpha value is -2.58. The molecule has 2 aliphatic rings. The van der Waals surface area contributed by atoms with E-state index in [9.17, 15) is 0 Å². The standard InChI is InChI=1S/C22H25N3O2/c1-22-7-9-25(2)20(11-16-4-5-17(26-3)12-18(16)22)19(22)14-27-21-10-15(13-23)6-8-24-21/h4-6,8,10,12,19-20H,7,9,11,14H2,1-3H3/t19-,20?,22+/m0/s1. The van der Waals surface area contributed by atoms with Crippen LogP contribution in [0.5, 0.6) is 11.6 Å². The van der Waals surface area contributed by atoms with E-state index >= 15 is 0 Å². The van der Waals surface area contributed by atoms with Crippen molar-refractivity contribution in [2.75, 3.05) is 27.3 Å². The number of piperidine rings is 1. The van der Waals surface area contributed by atoms with E-state index in [2.05, 4.69) is 48.1 Å². The van der Waals surface area contributed by atoms with Gasteiger partial charge in [0.25, 0.3) is 0 Å². The van der Waals surface area contributed by atoms with Gasteiger partial charge in [-0.15, -0.1) is 0 Å². The number of nitriles is 1. The van der Waals surface area contributed by atoms with Gasteiger partial charge in [-0.05, 0) is 55.8 Å². The van der Waals surface area contributed by atoms with E-state index in [0.717, 1.165) is 25.1 Å². The molecule has 2 bridgehead atoms. The van der Waals surface area contributed by atoms with E-state index in [1.54, 1.807) is 25.4 Å². The number of likely N-dealkylation sites (N-methyl/N-ethyl adjacent to an activating group) is 1. The van der Waals surface area contributed by atoms with Crippen LogP contribution in [0.25, 0.3) is 0 Å². The van der Waals surface area contributed by atoms with Crippen molar-refractivity contribution in [3.63, 3.8) is 0 Å². The maximum atomic E-state index is 9.09. The summed E-state index contributed by atoms with van der Waals surface area (Å²) in [7, 11) is 3.93. The molecule has 1 fully saturated rings. The van der Waals surface area contributed by atoms with Crippen LogP contribution >= 0.6 is 0 Å². The molecule has 3 atom stereocenters. The van der Waals surface area contributed by atoms with Crippen LogP contribution in [0.4, 0.5) is 0 Å². The Kier molecular flexibility index (Phi) is 4.53. The molecule has 27 heavy (non-hydrogen) atoms. The van der Waals surface area contributed by atoms with Crippen molar-refractivity contribution in [1.82, 2.24) is 9.88 Å². The summed E-state index contributed by atoms with van der Waals surface area (Å²) in [5.74, 6) is 1.79. The number of pyridine rings is 1. The molecular weight excluding hydrogens is 338 g/mol. The third-order valence-corrected chi connectivity index (χ3v) is 6.47. The molecule has 4 rings (SSSR count). The van der Waals surface area contributed by atoms with Crippen LogP contribution in [0.2, 0.25) is 0 Å². The third kappa shape index (κ3) is 3.04. The number of aromatic nitrogens is 1. The number of nitrogens with zero attached hydrogens (tertiary/aromatic N) is 3. The number of hydrogen-bond donors (Lipinski definition) is 0. The molecule has 0 N–H and O–H groups in total. The number of hydrogen-bond acceptors (Lipinski definition) is 5. The maximum Gasteiger partial charge on any atom is 0.214 e. The van der Waals surface area contributed by atoms with Gasteiger partial charge in [0.05, 0.1) is 25.3 Å². The molecule has 1 aliphatic carbocycles. The summed E-state index contributed by atoms with van der Waals surface area (Å²) in [6.07, 6.45) is 3.73. The molecule has 140 valence electrons. The molecular formula is C22H25N3O2. The smallest absolute Gasteiger partial charge is 0.214 e. The molecule has 5 nitrogen and oxygen atoms in total. The van der Waals surface area contributed by atoms with Crippen molar-refractivity contribution in [3.8, 4) is 17.7 Å². The first-order valence-electron chi connectivity index (χ1n) is 9.42. The van der Waals surface area contributed by atoms with Gasteiger partial charge in [-0.25, -0.2) is 4.98 Å². The van der Waals surface area contributed by atoms with Gasteiger partial charge >= 0.3 is 0 Å². The predicted molar refractivity (Wildman–Crippen MR) is 103 cm³/mol. The average Bonchev–Trinajstić information content (AvgIpc) is 2.70. The largest absolute Gasteiger partial charge is 0.497 e. The van der Waals surface area contributed by atoms with Gasteiger partial charge in [0.1, 0.15) is 5.75 Å². The van der Waals surface area contributed by atoms with Gasteiger partial charge in [-0.3, -0.25) is 0 Å². The van der Waals surface area contributed by atoms with Crippen LogP contribution in [-0.2, 0) is 11.8 Å². The Morgan fingerprint density at radius 2 is 2.19 bits per heavy atom. The highest BCUT2D eigenvalue weighted by atomic mass is 16.5. The number of ether oxygens (including phenoxy) is 2. The molecule has 1 aliphatic heterocycles. The summed E-state index contributed by atoms with van der Waals surface area (Å²) < 4.78 is 11.6. The van der Waals surface area contributed by atoms with Crippen LogP contribution in [0.1, 0.15) is 30.0 Å². The van der Waals surface area contributed by atoms with Crippen LogP contribution in [-0.4, -0.2) is 43.2 Å². The minimum atomic E-state index is 0.0339. The summed E-state index contributed by atoms with van der Waals surface area (Å²) in [6.45, 7) is 4.03.